The lowest BCUT2D eigenvalue weighted by Gasteiger charge is -1.95. The Morgan fingerprint density at radius 1 is 1.60 bits per heavy atom. The molecule has 0 saturated carbocycles. The summed E-state index contributed by atoms with van der Waals surface area (Å²) in [6.45, 7) is 0. The Hall–Kier alpha value is -1.96. The Balaban J connectivity index is 2.10. The van der Waals surface area contributed by atoms with Gasteiger partial charge in [0.15, 0.2) is 0 Å². The van der Waals surface area contributed by atoms with Crippen LogP contribution in [0.3, 0.4) is 0 Å². The number of nitrogens with zero attached hydrogens (tertiary/aromatic N) is 4. The molecule has 78 valence electrons. The molecule has 0 radical (unpaired) electrons. The topological polar surface area (TPSA) is 98.7 Å². The zero-order valence-corrected chi connectivity index (χ0v) is 8.65. The molecule has 8 heteroatoms. The van der Waals surface area contributed by atoms with E-state index in [2.05, 4.69) is 20.6 Å². The van der Waals surface area contributed by atoms with Crippen molar-refractivity contribution < 1.29 is 4.79 Å². The third-order valence-corrected chi connectivity index (χ3v) is 2.30. The number of nitrogens with one attached hydrogen (secondary N) is 1. The van der Waals surface area contributed by atoms with E-state index in [1.807, 2.05) is 0 Å². The smallest absolute Gasteiger partial charge is 0.260 e. The van der Waals surface area contributed by atoms with Crippen LogP contribution in [-0.2, 0) is 7.05 Å². The number of aromatic nitrogens is 4. The van der Waals surface area contributed by atoms with Gasteiger partial charge in [0.1, 0.15) is 0 Å². The first kappa shape index (κ1) is 9.59. The number of aryl methyl sites for hydroxylation is 1. The fourth-order valence-electron chi connectivity index (χ4n) is 0.993. The summed E-state index contributed by atoms with van der Waals surface area (Å²) in [5, 5.41) is 14.4. The maximum absolute atomic E-state index is 11.6. The summed E-state index contributed by atoms with van der Waals surface area (Å²) < 4.78 is 1.55. The minimum Gasteiger partial charge on any atom is -0.374 e. The molecule has 2 aromatic rings. The largest absolute Gasteiger partial charge is 0.374 e. The SMILES string of the molecule is Cn1cc(C(=O)Nc2nnc(N)s2)cn1. The first-order valence-corrected chi connectivity index (χ1v) is 4.86. The number of nitrogens with two attached hydrogens (primary N) is 1. The molecule has 15 heavy (non-hydrogen) atoms. The monoisotopic (exact) mass is 224 g/mol. The van der Waals surface area contributed by atoms with Gasteiger partial charge in [-0.15, -0.1) is 10.2 Å². The van der Waals surface area contributed by atoms with Crippen LogP contribution in [0.4, 0.5) is 10.3 Å². The fraction of sp³-hybridized carbons (Fsp3) is 0.143. The Kier molecular flexibility index (Phi) is 2.34. The Labute approximate surface area is 88.9 Å². The van der Waals surface area contributed by atoms with E-state index in [9.17, 15) is 4.79 Å². The molecule has 0 saturated heterocycles. The van der Waals surface area contributed by atoms with Gasteiger partial charge >= 0.3 is 0 Å². The molecule has 0 spiro atoms. The van der Waals surface area contributed by atoms with Crippen LogP contribution in [-0.4, -0.2) is 25.9 Å². The number of nitrogen functional groups attached to an aromatic ring is 1. The third kappa shape index (κ3) is 2.10. The Morgan fingerprint density at radius 2 is 2.40 bits per heavy atom. The van der Waals surface area contributed by atoms with Crippen LogP contribution < -0.4 is 11.1 Å². The van der Waals surface area contributed by atoms with Crippen molar-refractivity contribution >= 4 is 27.5 Å². The van der Waals surface area contributed by atoms with Crippen LogP contribution in [0.15, 0.2) is 12.4 Å². The molecule has 3 N–H and O–H groups in total. The summed E-state index contributed by atoms with van der Waals surface area (Å²) in [4.78, 5) is 11.6. The molecule has 0 aliphatic carbocycles. The van der Waals surface area contributed by atoms with Gasteiger partial charge in [0.05, 0.1) is 11.8 Å². The van der Waals surface area contributed by atoms with Gasteiger partial charge in [0, 0.05) is 13.2 Å². The van der Waals surface area contributed by atoms with Crippen molar-refractivity contribution in [1.82, 2.24) is 20.0 Å². The lowest BCUT2D eigenvalue weighted by molar-refractivity contribution is 0.102. The highest BCUT2D eigenvalue weighted by Crippen LogP contribution is 2.16. The summed E-state index contributed by atoms with van der Waals surface area (Å²) in [6.07, 6.45) is 3.08. The molecule has 1 amide bonds. The second-order valence-electron chi connectivity index (χ2n) is 2.80. The summed E-state index contributed by atoms with van der Waals surface area (Å²) in [5.74, 6) is -0.278. The number of carbonyl (C=O) groups excluding carboxylic acids is 1. The fourth-order valence-corrected chi connectivity index (χ4v) is 1.50. The average molecular weight is 224 g/mol. The van der Waals surface area contributed by atoms with Gasteiger partial charge in [-0.25, -0.2) is 0 Å². The molecule has 0 atom stereocenters. The van der Waals surface area contributed by atoms with Crippen molar-refractivity contribution in [2.45, 2.75) is 0 Å². The first-order valence-electron chi connectivity index (χ1n) is 4.04. The molecule has 2 aromatic heterocycles. The number of carbonyl (C=O) groups is 1. The number of hydrogen-bond donors (Lipinski definition) is 2. The zero-order valence-electron chi connectivity index (χ0n) is 7.84. The third-order valence-electron chi connectivity index (χ3n) is 1.63. The minimum atomic E-state index is -0.278. The maximum atomic E-state index is 11.6. The quantitative estimate of drug-likeness (QED) is 0.754. The van der Waals surface area contributed by atoms with Crippen LogP contribution in [0.25, 0.3) is 0 Å². The highest BCUT2D eigenvalue weighted by molar-refractivity contribution is 7.19. The molecule has 0 aromatic carbocycles. The van der Waals surface area contributed by atoms with E-state index in [1.54, 1.807) is 17.9 Å². The van der Waals surface area contributed by atoms with Gasteiger partial charge in [0.2, 0.25) is 10.3 Å². The van der Waals surface area contributed by atoms with E-state index in [-0.39, 0.29) is 5.91 Å². The van der Waals surface area contributed by atoms with Crippen LogP contribution in [0.2, 0.25) is 0 Å². The zero-order chi connectivity index (χ0) is 10.8. The predicted molar refractivity (Wildman–Crippen MR) is 55.5 cm³/mol. The van der Waals surface area contributed by atoms with Gasteiger partial charge in [-0.2, -0.15) is 5.10 Å². The van der Waals surface area contributed by atoms with Crippen LogP contribution in [0.1, 0.15) is 10.4 Å². The number of hydrogen-bond acceptors (Lipinski definition) is 6. The summed E-state index contributed by atoms with van der Waals surface area (Å²) in [6, 6.07) is 0. The molecule has 0 aliphatic heterocycles. The summed E-state index contributed by atoms with van der Waals surface area (Å²) in [5.41, 5.74) is 5.84. The average Bonchev–Trinajstić information content (AvgIpc) is 2.75. The van der Waals surface area contributed by atoms with E-state index < -0.39 is 0 Å². The molecule has 2 rings (SSSR count). The van der Waals surface area contributed by atoms with E-state index in [0.717, 1.165) is 11.3 Å². The van der Waals surface area contributed by atoms with Gasteiger partial charge < -0.3 is 5.73 Å². The summed E-state index contributed by atoms with van der Waals surface area (Å²) >= 11 is 1.11. The van der Waals surface area contributed by atoms with Gasteiger partial charge in [-0.05, 0) is 0 Å². The second-order valence-corrected chi connectivity index (χ2v) is 3.81. The number of rotatable bonds is 2. The molecule has 2 heterocycles. The van der Waals surface area contributed by atoms with Crippen molar-refractivity contribution in [2.75, 3.05) is 11.1 Å². The maximum Gasteiger partial charge on any atom is 0.260 e. The second kappa shape index (κ2) is 3.65. The van der Waals surface area contributed by atoms with Crippen LogP contribution in [0, 0.1) is 0 Å². The van der Waals surface area contributed by atoms with Gasteiger partial charge in [-0.1, -0.05) is 11.3 Å². The lowest BCUT2D eigenvalue weighted by atomic mass is 10.3. The molecule has 7 nitrogen and oxygen atoms in total. The van der Waals surface area contributed by atoms with Gasteiger partial charge in [0.25, 0.3) is 5.91 Å². The highest BCUT2D eigenvalue weighted by Gasteiger charge is 2.10. The number of anilines is 2. The van der Waals surface area contributed by atoms with Crippen molar-refractivity contribution in [3.63, 3.8) is 0 Å². The first-order chi connectivity index (χ1) is 7.15. The van der Waals surface area contributed by atoms with E-state index in [1.165, 1.54) is 6.20 Å². The predicted octanol–water partition coefficient (Wildman–Crippen LogP) is 0.106. The molecule has 0 fully saturated rings. The van der Waals surface area contributed by atoms with E-state index in [0.29, 0.717) is 15.8 Å². The van der Waals surface area contributed by atoms with Crippen LogP contribution >= 0.6 is 11.3 Å². The Morgan fingerprint density at radius 3 is 2.93 bits per heavy atom. The molecular weight excluding hydrogens is 216 g/mol. The normalized spacial score (nSPS) is 10.2. The summed E-state index contributed by atoms with van der Waals surface area (Å²) in [7, 11) is 1.74. The minimum absolute atomic E-state index is 0.278. The molecule has 0 unspecified atom stereocenters. The van der Waals surface area contributed by atoms with Crippen molar-refractivity contribution in [3.8, 4) is 0 Å². The van der Waals surface area contributed by atoms with Crippen molar-refractivity contribution in [1.29, 1.82) is 0 Å². The Bertz CT molecular complexity index is 489. The lowest BCUT2D eigenvalue weighted by Crippen LogP contribution is -2.10. The van der Waals surface area contributed by atoms with E-state index >= 15 is 0 Å². The van der Waals surface area contributed by atoms with Crippen molar-refractivity contribution in [2.24, 2.45) is 7.05 Å². The molecule has 0 aliphatic rings. The standard InChI is InChI=1S/C7H8N6OS/c1-13-3-4(2-9-13)5(14)10-7-12-11-6(8)15-7/h2-3H,1H3,(H2,8,11)(H,10,12,14). The molecular formula is C7H8N6OS. The van der Waals surface area contributed by atoms with E-state index in [4.69, 9.17) is 5.73 Å². The number of amides is 1. The highest BCUT2D eigenvalue weighted by atomic mass is 32.1. The van der Waals surface area contributed by atoms with Crippen molar-refractivity contribution in [3.05, 3.63) is 18.0 Å². The van der Waals surface area contributed by atoms with Gasteiger partial charge in [-0.3, -0.25) is 14.8 Å². The molecule has 0 bridgehead atoms. The van der Waals surface area contributed by atoms with Crippen LogP contribution in [0.5, 0.6) is 0 Å².